The van der Waals surface area contributed by atoms with E-state index in [1.165, 1.54) is 11.0 Å². The summed E-state index contributed by atoms with van der Waals surface area (Å²) >= 11 is 0. The van der Waals surface area contributed by atoms with E-state index in [1.807, 2.05) is 0 Å². The van der Waals surface area contributed by atoms with Gasteiger partial charge in [-0.1, -0.05) is 0 Å². The molecule has 0 aliphatic carbocycles. The monoisotopic (exact) mass is 330 g/mol. The highest BCUT2D eigenvalue weighted by Gasteiger charge is 2.24. The number of phenols is 1. The van der Waals surface area contributed by atoms with Gasteiger partial charge in [0, 0.05) is 24.0 Å². The standard InChI is InChI=1S/C17H18N2O5/c1-9-11-3-4-13(20)10(2)16(11)24-17(23)12(9)7-15(22)19-6-5-18-14(21)8-19/h3-4,20H,5-8H2,1-2H3,(H,18,21). The molecule has 1 saturated heterocycles. The van der Waals surface area contributed by atoms with E-state index < -0.39 is 5.63 Å². The molecular weight excluding hydrogens is 312 g/mol. The van der Waals surface area contributed by atoms with E-state index in [0.717, 1.165) is 0 Å². The van der Waals surface area contributed by atoms with Crippen LogP contribution in [0.4, 0.5) is 0 Å². The number of carbonyl (C=O) groups is 2. The van der Waals surface area contributed by atoms with Gasteiger partial charge in [-0.05, 0) is 31.5 Å². The number of nitrogens with zero attached hydrogens (tertiary/aromatic N) is 1. The molecule has 1 aromatic heterocycles. The van der Waals surface area contributed by atoms with Crippen LogP contribution in [0.5, 0.6) is 5.75 Å². The Morgan fingerprint density at radius 1 is 1.29 bits per heavy atom. The molecule has 0 unspecified atom stereocenters. The van der Waals surface area contributed by atoms with Gasteiger partial charge in [-0.2, -0.15) is 0 Å². The molecule has 7 heteroatoms. The van der Waals surface area contributed by atoms with E-state index in [2.05, 4.69) is 5.32 Å². The van der Waals surface area contributed by atoms with Crippen molar-refractivity contribution < 1.29 is 19.1 Å². The third-order valence-corrected chi connectivity index (χ3v) is 4.39. The summed E-state index contributed by atoms with van der Waals surface area (Å²) in [7, 11) is 0. The number of piperazine rings is 1. The Balaban J connectivity index is 1.98. The molecule has 0 spiro atoms. The number of fused-ring (bicyclic) bond motifs is 1. The minimum absolute atomic E-state index is 0.00375. The van der Waals surface area contributed by atoms with Crippen LogP contribution in [0.3, 0.4) is 0 Å². The molecule has 24 heavy (non-hydrogen) atoms. The Morgan fingerprint density at radius 2 is 2.04 bits per heavy atom. The second kappa shape index (κ2) is 5.99. The lowest BCUT2D eigenvalue weighted by molar-refractivity contribution is -0.137. The zero-order valence-electron chi connectivity index (χ0n) is 13.5. The van der Waals surface area contributed by atoms with Crippen LogP contribution >= 0.6 is 0 Å². The molecule has 1 fully saturated rings. The van der Waals surface area contributed by atoms with Crippen LogP contribution < -0.4 is 10.9 Å². The van der Waals surface area contributed by atoms with Gasteiger partial charge in [-0.25, -0.2) is 4.79 Å². The molecule has 2 amide bonds. The molecule has 1 aliphatic rings. The van der Waals surface area contributed by atoms with Crippen molar-refractivity contribution in [3.63, 3.8) is 0 Å². The SMILES string of the molecule is Cc1c(CC(=O)N2CCNC(=O)C2)c(=O)oc2c(C)c(O)ccc12. The minimum Gasteiger partial charge on any atom is -0.508 e. The van der Waals surface area contributed by atoms with E-state index >= 15 is 0 Å². The second-order valence-electron chi connectivity index (χ2n) is 5.92. The van der Waals surface area contributed by atoms with Crippen molar-refractivity contribution in [2.45, 2.75) is 20.3 Å². The fraction of sp³-hybridized carbons (Fsp3) is 0.353. The number of nitrogens with one attached hydrogen (secondary N) is 1. The van der Waals surface area contributed by atoms with Crippen molar-refractivity contribution in [1.82, 2.24) is 10.2 Å². The smallest absolute Gasteiger partial charge is 0.340 e. The molecule has 0 bridgehead atoms. The molecule has 2 aromatic rings. The van der Waals surface area contributed by atoms with Crippen LogP contribution in [-0.4, -0.2) is 41.5 Å². The van der Waals surface area contributed by atoms with Crippen LogP contribution in [0.25, 0.3) is 11.0 Å². The summed E-state index contributed by atoms with van der Waals surface area (Å²) in [5, 5.41) is 13.1. The predicted octanol–water partition coefficient (Wildman–Crippen LogP) is 0.616. The summed E-state index contributed by atoms with van der Waals surface area (Å²) < 4.78 is 5.33. The van der Waals surface area contributed by atoms with E-state index in [9.17, 15) is 19.5 Å². The van der Waals surface area contributed by atoms with Crippen molar-refractivity contribution in [1.29, 1.82) is 0 Å². The molecule has 1 aromatic carbocycles. The predicted molar refractivity (Wildman–Crippen MR) is 86.9 cm³/mol. The van der Waals surface area contributed by atoms with Crippen LogP contribution in [0, 0.1) is 13.8 Å². The van der Waals surface area contributed by atoms with Gasteiger partial charge in [-0.3, -0.25) is 9.59 Å². The molecule has 2 heterocycles. The lowest BCUT2D eigenvalue weighted by atomic mass is 10.0. The normalized spacial score (nSPS) is 14.8. The van der Waals surface area contributed by atoms with E-state index in [4.69, 9.17) is 4.42 Å². The first-order valence-electron chi connectivity index (χ1n) is 7.68. The van der Waals surface area contributed by atoms with Crippen molar-refractivity contribution in [3.05, 3.63) is 39.2 Å². The third kappa shape index (κ3) is 2.73. The molecule has 3 rings (SSSR count). The van der Waals surface area contributed by atoms with Gasteiger partial charge in [0.25, 0.3) is 0 Å². The Labute approximate surface area is 137 Å². The average Bonchev–Trinajstić information content (AvgIpc) is 2.55. The largest absolute Gasteiger partial charge is 0.508 e. The number of rotatable bonds is 2. The highest BCUT2D eigenvalue weighted by Crippen LogP contribution is 2.28. The Hall–Kier alpha value is -2.83. The van der Waals surface area contributed by atoms with Gasteiger partial charge in [-0.15, -0.1) is 0 Å². The molecule has 7 nitrogen and oxygen atoms in total. The van der Waals surface area contributed by atoms with Gasteiger partial charge in [0.05, 0.1) is 18.5 Å². The third-order valence-electron chi connectivity index (χ3n) is 4.39. The zero-order chi connectivity index (χ0) is 17.4. The fourth-order valence-corrected chi connectivity index (χ4v) is 2.90. The maximum atomic E-state index is 12.4. The topological polar surface area (TPSA) is 99.9 Å². The summed E-state index contributed by atoms with van der Waals surface area (Å²) in [6, 6.07) is 3.20. The summed E-state index contributed by atoms with van der Waals surface area (Å²) in [5.41, 5.74) is 1.15. The number of hydrogen-bond acceptors (Lipinski definition) is 5. The van der Waals surface area contributed by atoms with E-state index in [-0.39, 0.29) is 36.1 Å². The Bertz CT molecular complexity index is 900. The average molecular weight is 330 g/mol. The molecule has 126 valence electrons. The molecule has 1 aliphatic heterocycles. The lowest BCUT2D eigenvalue weighted by Gasteiger charge is -2.26. The maximum Gasteiger partial charge on any atom is 0.340 e. The second-order valence-corrected chi connectivity index (χ2v) is 5.92. The highest BCUT2D eigenvalue weighted by molar-refractivity contribution is 5.89. The van der Waals surface area contributed by atoms with Crippen molar-refractivity contribution in [3.8, 4) is 5.75 Å². The molecule has 0 atom stereocenters. The van der Waals surface area contributed by atoms with Gasteiger partial charge < -0.3 is 19.7 Å². The number of benzene rings is 1. The van der Waals surface area contributed by atoms with Crippen LogP contribution in [0.1, 0.15) is 16.7 Å². The number of hydrogen-bond donors (Lipinski definition) is 2. The van der Waals surface area contributed by atoms with E-state index in [1.54, 1.807) is 19.9 Å². The molecule has 2 N–H and O–H groups in total. The lowest BCUT2D eigenvalue weighted by Crippen LogP contribution is -2.50. The quantitative estimate of drug-likeness (QED) is 0.786. The fourth-order valence-electron chi connectivity index (χ4n) is 2.90. The molecular formula is C17H18N2O5. The first-order chi connectivity index (χ1) is 11.4. The van der Waals surface area contributed by atoms with E-state index in [0.29, 0.717) is 35.2 Å². The number of phenolic OH excluding ortho intramolecular Hbond substituents is 1. The Kier molecular flexibility index (Phi) is 4.01. The number of carbonyl (C=O) groups excluding carboxylic acids is 2. The molecule has 0 radical (unpaired) electrons. The number of aromatic hydroxyl groups is 1. The Morgan fingerprint density at radius 3 is 2.75 bits per heavy atom. The van der Waals surface area contributed by atoms with Crippen LogP contribution in [0.15, 0.2) is 21.3 Å². The van der Waals surface area contributed by atoms with Gasteiger partial charge in [0.15, 0.2) is 0 Å². The zero-order valence-corrected chi connectivity index (χ0v) is 13.5. The van der Waals surface area contributed by atoms with Crippen molar-refractivity contribution in [2.24, 2.45) is 0 Å². The highest BCUT2D eigenvalue weighted by atomic mass is 16.4. The molecule has 0 saturated carbocycles. The maximum absolute atomic E-state index is 12.4. The van der Waals surface area contributed by atoms with Crippen molar-refractivity contribution >= 4 is 22.8 Å². The number of aryl methyl sites for hydroxylation is 2. The van der Waals surface area contributed by atoms with Crippen LogP contribution in [-0.2, 0) is 16.0 Å². The number of amides is 2. The van der Waals surface area contributed by atoms with Gasteiger partial charge in [0.1, 0.15) is 11.3 Å². The minimum atomic E-state index is -0.594. The summed E-state index contributed by atoms with van der Waals surface area (Å²) in [4.78, 5) is 37.5. The first kappa shape index (κ1) is 16.0. The van der Waals surface area contributed by atoms with Gasteiger partial charge in [0.2, 0.25) is 11.8 Å². The summed E-state index contributed by atoms with van der Waals surface area (Å²) in [6.45, 7) is 4.26. The van der Waals surface area contributed by atoms with Crippen LogP contribution in [0.2, 0.25) is 0 Å². The van der Waals surface area contributed by atoms with Crippen molar-refractivity contribution in [2.75, 3.05) is 19.6 Å². The summed E-state index contributed by atoms with van der Waals surface area (Å²) in [6.07, 6.45) is -0.114. The first-order valence-corrected chi connectivity index (χ1v) is 7.68. The summed E-state index contributed by atoms with van der Waals surface area (Å²) in [5.74, 6) is -0.439. The van der Waals surface area contributed by atoms with Gasteiger partial charge >= 0.3 is 5.63 Å².